The second-order valence-corrected chi connectivity index (χ2v) is 9.23. The van der Waals surface area contributed by atoms with E-state index in [0.717, 1.165) is 17.6 Å². The zero-order valence-corrected chi connectivity index (χ0v) is 18.7. The molecule has 0 unspecified atom stereocenters. The van der Waals surface area contributed by atoms with Crippen LogP contribution in [-0.4, -0.2) is 26.5 Å². The average Bonchev–Trinajstić information content (AvgIpc) is 2.79. The number of hydrogen-bond donors (Lipinski definition) is 1. The maximum Gasteiger partial charge on any atom is 0.266 e. The largest absolute Gasteiger partial charge is 0.363 e. The number of nitrogens with one attached hydrogen (secondary N) is 1. The molecule has 0 aliphatic carbocycles. The van der Waals surface area contributed by atoms with Crippen molar-refractivity contribution >= 4 is 40.2 Å². The maximum atomic E-state index is 14.6. The molecule has 0 saturated carbocycles. The van der Waals surface area contributed by atoms with Gasteiger partial charge in [-0.05, 0) is 37.3 Å². The van der Waals surface area contributed by atoms with Gasteiger partial charge >= 0.3 is 0 Å². The van der Waals surface area contributed by atoms with Crippen LogP contribution in [0, 0.1) is 17.1 Å². The number of nitrogens with zero attached hydrogens (tertiary/aromatic N) is 4. The highest BCUT2D eigenvalue weighted by Crippen LogP contribution is 2.42. The lowest BCUT2D eigenvalue weighted by Gasteiger charge is -2.31. The summed E-state index contributed by atoms with van der Waals surface area (Å²) in [5.41, 5.74) is -0.366. The molecule has 3 heterocycles. The highest BCUT2D eigenvalue weighted by Gasteiger charge is 2.37. The minimum Gasteiger partial charge on any atom is -0.363 e. The van der Waals surface area contributed by atoms with E-state index in [9.17, 15) is 18.4 Å². The number of alkyl halides is 2. The molecule has 1 atom stereocenters. The number of pyridine rings is 1. The van der Waals surface area contributed by atoms with Gasteiger partial charge in [-0.15, -0.1) is 0 Å². The summed E-state index contributed by atoms with van der Waals surface area (Å²) in [4.78, 5) is 12.8. The van der Waals surface area contributed by atoms with Crippen LogP contribution in [0.3, 0.4) is 0 Å². The second-order valence-electron chi connectivity index (χ2n) is 7.64. The van der Waals surface area contributed by atoms with Crippen molar-refractivity contribution in [2.75, 3.05) is 16.8 Å². The Morgan fingerprint density at radius 3 is 2.62 bits per heavy atom. The van der Waals surface area contributed by atoms with Crippen LogP contribution in [0.15, 0.2) is 30.6 Å². The predicted molar refractivity (Wildman–Crippen MR) is 120 cm³/mol. The molecule has 0 spiro atoms. The van der Waals surface area contributed by atoms with Crippen LogP contribution >= 0.6 is 23.4 Å². The molecule has 3 aromatic rings. The molecular formula is C22H19ClF3N5S. The van der Waals surface area contributed by atoms with E-state index in [4.69, 9.17) is 11.6 Å². The summed E-state index contributed by atoms with van der Waals surface area (Å²) in [6.07, 6.45) is -0.310. The number of hydrogen-bond acceptors (Lipinski definition) is 6. The van der Waals surface area contributed by atoms with Gasteiger partial charge in [-0.3, -0.25) is 0 Å². The van der Waals surface area contributed by atoms with E-state index in [1.807, 2.05) is 0 Å². The Balaban J connectivity index is 1.76. The standard InChI is InChI=1S/C22H19ClF3N5S/c1-12(13-3-2-4-14(17(13)24)19(25)26)30-20-15-9-16(18(23)31-21(15)29-11-28-20)22(10-27)5-7-32-8-6-22/h2-4,9,11-12,19H,5-8H2,1H3,(H,28,29,30,31)/t12-/m1/s1. The highest BCUT2D eigenvalue weighted by atomic mass is 35.5. The molecule has 0 radical (unpaired) electrons. The van der Waals surface area contributed by atoms with E-state index >= 15 is 0 Å². The first kappa shape index (κ1) is 22.6. The average molecular weight is 478 g/mol. The Morgan fingerprint density at radius 1 is 1.22 bits per heavy atom. The van der Waals surface area contributed by atoms with Crippen molar-refractivity contribution in [1.82, 2.24) is 15.0 Å². The molecule has 1 N–H and O–H groups in total. The number of halogens is 4. The van der Waals surface area contributed by atoms with E-state index in [-0.39, 0.29) is 10.7 Å². The van der Waals surface area contributed by atoms with Gasteiger partial charge < -0.3 is 5.32 Å². The van der Waals surface area contributed by atoms with Crippen molar-refractivity contribution in [1.29, 1.82) is 5.26 Å². The summed E-state index contributed by atoms with van der Waals surface area (Å²) in [5.74, 6) is 1.09. The molecule has 0 amide bonds. The third-order valence-electron chi connectivity index (χ3n) is 5.77. The van der Waals surface area contributed by atoms with Crippen LogP contribution in [0.4, 0.5) is 19.0 Å². The highest BCUT2D eigenvalue weighted by molar-refractivity contribution is 7.99. The Hall–Kier alpha value is -2.57. The minimum atomic E-state index is -2.91. The third kappa shape index (κ3) is 4.09. The van der Waals surface area contributed by atoms with Gasteiger partial charge in [-0.2, -0.15) is 17.0 Å². The summed E-state index contributed by atoms with van der Waals surface area (Å²) < 4.78 is 40.8. The molecule has 5 nitrogen and oxygen atoms in total. The number of aromatic nitrogens is 3. The molecule has 1 aliphatic heterocycles. The SMILES string of the molecule is C[C@@H](Nc1ncnc2nc(Cl)c(C3(C#N)CCSCC3)cc12)c1cccc(C(F)F)c1F. The second kappa shape index (κ2) is 9.12. The van der Waals surface area contributed by atoms with Crippen molar-refractivity contribution in [3.63, 3.8) is 0 Å². The molecular weight excluding hydrogens is 459 g/mol. The van der Waals surface area contributed by atoms with Crippen LogP contribution in [-0.2, 0) is 5.41 Å². The monoisotopic (exact) mass is 477 g/mol. The van der Waals surface area contributed by atoms with E-state index in [2.05, 4.69) is 26.3 Å². The molecule has 32 heavy (non-hydrogen) atoms. The van der Waals surface area contributed by atoms with Crippen LogP contribution in [0.25, 0.3) is 11.0 Å². The van der Waals surface area contributed by atoms with Gasteiger partial charge in [-0.25, -0.2) is 28.1 Å². The molecule has 1 saturated heterocycles. The first-order valence-corrected chi connectivity index (χ1v) is 11.5. The fourth-order valence-corrected chi connectivity index (χ4v) is 5.44. The van der Waals surface area contributed by atoms with Gasteiger partial charge in [0.25, 0.3) is 6.43 Å². The maximum absolute atomic E-state index is 14.6. The van der Waals surface area contributed by atoms with Gasteiger partial charge in [0, 0.05) is 11.1 Å². The fraction of sp³-hybridized carbons (Fsp3) is 0.364. The van der Waals surface area contributed by atoms with Gasteiger partial charge in [0.1, 0.15) is 23.1 Å². The summed E-state index contributed by atoms with van der Waals surface area (Å²) in [5, 5.41) is 13.8. The molecule has 1 aliphatic rings. The topological polar surface area (TPSA) is 74.5 Å². The van der Waals surface area contributed by atoms with E-state index < -0.39 is 29.3 Å². The number of nitriles is 1. The van der Waals surface area contributed by atoms with Crippen molar-refractivity contribution < 1.29 is 13.2 Å². The Bertz CT molecular complexity index is 1190. The van der Waals surface area contributed by atoms with Crippen LogP contribution in [0.5, 0.6) is 0 Å². The van der Waals surface area contributed by atoms with E-state index in [0.29, 0.717) is 35.3 Å². The zero-order valence-electron chi connectivity index (χ0n) is 17.1. The van der Waals surface area contributed by atoms with Gasteiger partial charge in [0.2, 0.25) is 0 Å². The van der Waals surface area contributed by atoms with E-state index in [1.54, 1.807) is 24.8 Å². The van der Waals surface area contributed by atoms with Crippen molar-refractivity contribution in [2.45, 2.75) is 37.6 Å². The van der Waals surface area contributed by atoms with Crippen molar-refractivity contribution in [2.24, 2.45) is 0 Å². The Labute approximate surface area is 192 Å². The molecule has 0 bridgehead atoms. The van der Waals surface area contributed by atoms with Gasteiger partial charge in [0.15, 0.2) is 5.65 Å². The molecule has 4 rings (SSSR count). The number of anilines is 1. The van der Waals surface area contributed by atoms with Crippen LogP contribution < -0.4 is 5.32 Å². The first-order valence-electron chi connectivity index (χ1n) is 10.00. The smallest absolute Gasteiger partial charge is 0.266 e. The predicted octanol–water partition coefficient (Wildman–Crippen LogP) is 6.22. The third-order valence-corrected chi connectivity index (χ3v) is 7.04. The molecule has 10 heteroatoms. The zero-order chi connectivity index (χ0) is 22.9. The van der Waals surface area contributed by atoms with Gasteiger partial charge in [0.05, 0.1) is 28.5 Å². The number of benzene rings is 1. The lowest BCUT2D eigenvalue weighted by Crippen LogP contribution is -2.30. The minimum absolute atomic E-state index is 0.0921. The lowest BCUT2D eigenvalue weighted by atomic mass is 9.77. The Morgan fingerprint density at radius 2 is 1.94 bits per heavy atom. The molecule has 2 aromatic heterocycles. The van der Waals surface area contributed by atoms with Crippen molar-refractivity contribution in [3.05, 3.63) is 58.3 Å². The van der Waals surface area contributed by atoms with Gasteiger partial charge in [-0.1, -0.05) is 29.8 Å². The number of fused-ring (bicyclic) bond motifs is 1. The molecule has 1 fully saturated rings. The summed E-state index contributed by atoms with van der Waals surface area (Å²) in [7, 11) is 0. The molecule has 1 aromatic carbocycles. The summed E-state index contributed by atoms with van der Waals surface area (Å²) >= 11 is 8.25. The van der Waals surface area contributed by atoms with Crippen LogP contribution in [0.1, 0.15) is 48.9 Å². The summed E-state index contributed by atoms with van der Waals surface area (Å²) in [6, 6.07) is 7.45. The quantitative estimate of drug-likeness (QED) is 0.440. The van der Waals surface area contributed by atoms with E-state index in [1.165, 1.54) is 18.5 Å². The number of rotatable bonds is 5. The fourth-order valence-electron chi connectivity index (χ4n) is 3.93. The normalized spacial score (nSPS) is 16.7. The van der Waals surface area contributed by atoms with Crippen LogP contribution in [0.2, 0.25) is 5.15 Å². The molecule has 166 valence electrons. The lowest BCUT2D eigenvalue weighted by molar-refractivity contribution is 0.146. The van der Waals surface area contributed by atoms with Crippen molar-refractivity contribution in [3.8, 4) is 6.07 Å². The first-order chi connectivity index (χ1) is 15.4. The number of thioether (sulfide) groups is 1. The summed E-state index contributed by atoms with van der Waals surface area (Å²) in [6.45, 7) is 1.65. The Kier molecular flexibility index (Phi) is 6.45.